The number of carbonyl (C=O) groups is 2. The number of nitrogens with zero attached hydrogens (tertiary/aromatic N) is 4. The lowest BCUT2D eigenvalue weighted by molar-refractivity contribution is 0.0958. The molecule has 5 aromatic rings. The predicted molar refractivity (Wildman–Crippen MR) is 136 cm³/mol. The lowest BCUT2D eigenvalue weighted by Crippen LogP contribution is -2.33. The minimum atomic E-state index is -0.643. The fraction of sp³-hybridized carbons (Fsp3) is 0.160. The van der Waals surface area contributed by atoms with E-state index in [1.54, 1.807) is 37.3 Å². The second-order valence-electron chi connectivity index (χ2n) is 8.05. The van der Waals surface area contributed by atoms with Crippen molar-refractivity contribution in [1.29, 1.82) is 0 Å². The van der Waals surface area contributed by atoms with E-state index in [1.165, 1.54) is 11.3 Å². The van der Waals surface area contributed by atoms with E-state index in [4.69, 9.17) is 0 Å². The van der Waals surface area contributed by atoms with E-state index in [9.17, 15) is 14.4 Å². The number of aryl methyl sites for hydroxylation is 2. The van der Waals surface area contributed by atoms with Crippen LogP contribution in [0.1, 0.15) is 21.2 Å². The molecule has 0 unspecified atom stereocenters. The van der Waals surface area contributed by atoms with Crippen LogP contribution in [0.3, 0.4) is 0 Å². The Morgan fingerprint density at radius 3 is 2.63 bits per heavy atom. The van der Waals surface area contributed by atoms with Gasteiger partial charge in [0.25, 0.3) is 11.5 Å². The number of carbonyl (C=O) groups excluding carboxylic acids is 2. The summed E-state index contributed by atoms with van der Waals surface area (Å²) in [7, 11) is 1.91. The van der Waals surface area contributed by atoms with Crippen LogP contribution in [0.4, 0.5) is 10.5 Å². The van der Waals surface area contributed by atoms with E-state index < -0.39 is 11.6 Å². The van der Waals surface area contributed by atoms with E-state index in [1.807, 2.05) is 41.3 Å². The van der Waals surface area contributed by atoms with Crippen LogP contribution in [0.2, 0.25) is 0 Å². The molecular formula is C25H22N6O3S. The average Bonchev–Trinajstić information content (AvgIpc) is 3.50. The Bertz CT molecular complexity index is 1630. The molecule has 10 heteroatoms. The Morgan fingerprint density at radius 1 is 1.06 bits per heavy atom. The van der Waals surface area contributed by atoms with Crippen LogP contribution >= 0.6 is 11.3 Å². The third-order valence-corrected chi connectivity index (χ3v) is 6.65. The number of benzene rings is 2. The molecule has 0 saturated heterocycles. The Labute approximate surface area is 204 Å². The smallest absolute Gasteiger partial charge is 0.349 e. The zero-order valence-electron chi connectivity index (χ0n) is 19.1. The summed E-state index contributed by atoms with van der Waals surface area (Å²) in [4.78, 5) is 43.1. The van der Waals surface area contributed by atoms with Gasteiger partial charge in [-0.25, -0.2) is 9.78 Å². The molecule has 0 spiro atoms. The van der Waals surface area contributed by atoms with Crippen molar-refractivity contribution in [3.05, 3.63) is 86.7 Å². The first kappa shape index (κ1) is 22.5. The first-order valence-corrected chi connectivity index (χ1v) is 11.9. The standard InChI is InChI=1S/C25H22N6O3S/c1-15-17-6-3-4-7-18(17)24(33)31(29-15)25(34)27-16-9-10-20-19(14-16)28-22(30(20)2)11-12-26-23(32)21-8-5-13-35-21/h3-10,13-14H,11-12H2,1-2H3,(H,26,32)(H,27,34). The van der Waals surface area contributed by atoms with Gasteiger partial charge in [0.05, 0.1) is 27.0 Å². The number of anilines is 1. The van der Waals surface area contributed by atoms with Crippen molar-refractivity contribution >= 4 is 50.8 Å². The maximum absolute atomic E-state index is 12.9. The first-order valence-electron chi connectivity index (χ1n) is 11.0. The number of rotatable bonds is 5. The molecular weight excluding hydrogens is 464 g/mol. The van der Waals surface area contributed by atoms with Crippen molar-refractivity contribution in [2.75, 3.05) is 11.9 Å². The van der Waals surface area contributed by atoms with Gasteiger partial charge in [0, 0.05) is 31.1 Å². The Balaban J connectivity index is 1.33. The first-order chi connectivity index (χ1) is 16.9. The maximum Gasteiger partial charge on any atom is 0.349 e. The molecule has 176 valence electrons. The fourth-order valence-electron chi connectivity index (χ4n) is 4.00. The topological polar surface area (TPSA) is 111 Å². The number of hydrogen-bond donors (Lipinski definition) is 2. The summed E-state index contributed by atoms with van der Waals surface area (Å²) in [6.07, 6.45) is 0.555. The predicted octanol–water partition coefficient (Wildman–Crippen LogP) is 3.71. The largest absolute Gasteiger partial charge is 0.351 e. The van der Waals surface area contributed by atoms with E-state index in [2.05, 4.69) is 20.7 Å². The van der Waals surface area contributed by atoms with Gasteiger partial charge < -0.3 is 15.2 Å². The summed E-state index contributed by atoms with van der Waals surface area (Å²) in [6, 6.07) is 15.4. The summed E-state index contributed by atoms with van der Waals surface area (Å²) in [5.41, 5.74) is 2.19. The van der Waals surface area contributed by atoms with E-state index in [0.717, 1.165) is 21.4 Å². The molecule has 2 amide bonds. The Hall–Kier alpha value is -4.31. The van der Waals surface area contributed by atoms with Gasteiger partial charge in [-0.3, -0.25) is 9.59 Å². The molecule has 0 atom stereocenters. The highest BCUT2D eigenvalue weighted by molar-refractivity contribution is 7.12. The summed E-state index contributed by atoms with van der Waals surface area (Å²) in [6.45, 7) is 2.21. The summed E-state index contributed by atoms with van der Waals surface area (Å²) in [5.74, 6) is 0.703. The number of aromatic nitrogens is 4. The third kappa shape index (κ3) is 4.31. The molecule has 0 bridgehead atoms. The van der Waals surface area contributed by atoms with Crippen LogP contribution in [0.15, 0.2) is 64.8 Å². The van der Waals surface area contributed by atoms with Crippen LogP contribution in [-0.4, -0.2) is 37.8 Å². The monoisotopic (exact) mass is 486 g/mol. The van der Waals surface area contributed by atoms with Gasteiger partial charge >= 0.3 is 6.03 Å². The third-order valence-electron chi connectivity index (χ3n) is 5.79. The quantitative estimate of drug-likeness (QED) is 0.394. The normalized spacial score (nSPS) is 11.1. The molecule has 3 heterocycles. The minimum absolute atomic E-state index is 0.100. The maximum atomic E-state index is 12.9. The Morgan fingerprint density at radius 2 is 1.86 bits per heavy atom. The second-order valence-corrected chi connectivity index (χ2v) is 9.00. The number of hydrogen-bond acceptors (Lipinski definition) is 6. The van der Waals surface area contributed by atoms with Gasteiger partial charge in [-0.1, -0.05) is 24.3 Å². The fourth-order valence-corrected chi connectivity index (χ4v) is 4.64. The highest BCUT2D eigenvalue weighted by Gasteiger charge is 2.15. The van der Waals surface area contributed by atoms with Crippen molar-refractivity contribution in [3.63, 3.8) is 0 Å². The van der Waals surface area contributed by atoms with Crippen molar-refractivity contribution in [2.24, 2.45) is 7.05 Å². The van der Waals surface area contributed by atoms with Gasteiger partial charge in [0.1, 0.15) is 5.82 Å². The van der Waals surface area contributed by atoms with E-state index in [0.29, 0.717) is 40.1 Å². The van der Waals surface area contributed by atoms with E-state index in [-0.39, 0.29) is 5.91 Å². The lowest BCUT2D eigenvalue weighted by Gasteiger charge is -2.09. The average molecular weight is 487 g/mol. The molecule has 0 saturated carbocycles. The van der Waals surface area contributed by atoms with Gasteiger partial charge in [0.15, 0.2) is 0 Å². The highest BCUT2D eigenvalue weighted by Crippen LogP contribution is 2.20. The van der Waals surface area contributed by atoms with Crippen molar-refractivity contribution < 1.29 is 9.59 Å². The van der Waals surface area contributed by atoms with Crippen LogP contribution in [0, 0.1) is 6.92 Å². The number of nitrogens with one attached hydrogen (secondary N) is 2. The van der Waals surface area contributed by atoms with Gasteiger partial charge in [-0.15, -0.1) is 16.0 Å². The van der Waals surface area contributed by atoms with E-state index >= 15 is 0 Å². The van der Waals surface area contributed by atoms with Gasteiger partial charge in [0.2, 0.25) is 0 Å². The molecule has 2 N–H and O–H groups in total. The van der Waals surface area contributed by atoms with Gasteiger partial charge in [-0.2, -0.15) is 5.10 Å². The van der Waals surface area contributed by atoms with Gasteiger partial charge in [-0.05, 0) is 42.6 Å². The van der Waals surface area contributed by atoms with Crippen LogP contribution in [-0.2, 0) is 13.5 Å². The van der Waals surface area contributed by atoms with Crippen molar-refractivity contribution in [2.45, 2.75) is 13.3 Å². The zero-order chi connectivity index (χ0) is 24.5. The van der Waals surface area contributed by atoms with Crippen LogP contribution in [0.5, 0.6) is 0 Å². The summed E-state index contributed by atoms with van der Waals surface area (Å²) >= 11 is 1.40. The van der Waals surface area contributed by atoms with Crippen molar-refractivity contribution in [1.82, 2.24) is 24.6 Å². The molecule has 9 nitrogen and oxygen atoms in total. The minimum Gasteiger partial charge on any atom is -0.351 e. The molecule has 3 aromatic heterocycles. The molecule has 0 radical (unpaired) electrons. The summed E-state index contributed by atoms with van der Waals surface area (Å²) < 4.78 is 2.80. The summed E-state index contributed by atoms with van der Waals surface area (Å²) in [5, 5.41) is 12.8. The SMILES string of the molecule is Cc1nn(C(=O)Nc2ccc3c(c2)nc(CCNC(=O)c2cccs2)n3C)c(=O)c2ccccc12. The van der Waals surface area contributed by atoms with Crippen LogP contribution < -0.4 is 16.2 Å². The molecule has 5 rings (SSSR count). The van der Waals surface area contributed by atoms with Crippen LogP contribution in [0.25, 0.3) is 21.8 Å². The lowest BCUT2D eigenvalue weighted by atomic mass is 10.1. The zero-order valence-corrected chi connectivity index (χ0v) is 19.9. The molecule has 2 aromatic carbocycles. The molecule has 35 heavy (non-hydrogen) atoms. The number of fused-ring (bicyclic) bond motifs is 2. The molecule has 0 fully saturated rings. The van der Waals surface area contributed by atoms with Crippen molar-refractivity contribution in [3.8, 4) is 0 Å². The molecule has 0 aliphatic carbocycles. The number of imidazole rings is 1. The molecule has 0 aliphatic heterocycles. The highest BCUT2D eigenvalue weighted by atomic mass is 32.1. The number of thiophene rings is 1. The second kappa shape index (κ2) is 9.15. The number of amides is 2. The molecule has 0 aliphatic rings. The Kier molecular flexibility index (Phi) is 5.87.